The molecular formula is C16H16N2O4S2. The van der Waals surface area contributed by atoms with Gasteiger partial charge < -0.3 is 14.0 Å². The summed E-state index contributed by atoms with van der Waals surface area (Å²) in [6.45, 7) is 0. The summed E-state index contributed by atoms with van der Waals surface area (Å²) >= 11 is 1.24. The van der Waals surface area contributed by atoms with Crippen LogP contribution in [0.5, 0.6) is 11.5 Å². The average Bonchev–Trinajstić information content (AvgIpc) is 2.91. The Bertz CT molecular complexity index is 1050. The molecule has 0 amide bonds. The number of hydrogen-bond donors (Lipinski definition) is 0. The molecule has 1 aromatic heterocycles. The Hall–Kier alpha value is -2.32. The summed E-state index contributed by atoms with van der Waals surface area (Å²) < 4.78 is 42.2. The summed E-state index contributed by atoms with van der Waals surface area (Å²) in [4.78, 5) is 0.498. The molecule has 6 nitrogen and oxygen atoms in total. The Morgan fingerprint density at radius 3 is 2.25 bits per heavy atom. The zero-order valence-corrected chi connectivity index (χ0v) is 15.0. The van der Waals surface area contributed by atoms with E-state index in [1.807, 2.05) is 0 Å². The van der Waals surface area contributed by atoms with Gasteiger partial charge in [0.2, 0.25) is 4.80 Å². The molecule has 0 aliphatic carbocycles. The van der Waals surface area contributed by atoms with Crippen molar-refractivity contribution < 1.29 is 17.9 Å². The minimum absolute atomic E-state index is 0.154. The van der Waals surface area contributed by atoms with E-state index in [1.165, 1.54) is 23.5 Å². The minimum atomic E-state index is -3.79. The molecule has 24 heavy (non-hydrogen) atoms. The van der Waals surface area contributed by atoms with Crippen LogP contribution in [0.4, 0.5) is 0 Å². The van der Waals surface area contributed by atoms with E-state index in [2.05, 4.69) is 4.40 Å². The lowest BCUT2D eigenvalue weighted by Crippen LogP contribution is -2.13. The van der Waals surface area contributed by atoms with Crippen LogP contribution < -0.4 is 14.3 Å². The molecule has 0 spiro atoms. The van der Waals surface area contributed by atoms with Gasteiger partial charge in [-0.05, 0) is 24.3 Å². The van der Waals surface area contributed by atoms with Crippen LogP contribution in [0.3, 0.4) is 0 Å². The van der Waals surface area contributed by atoms with Crippen LogP contribution in [0.15, 0.2) is 51.8 Å². The van der Waals surface area contributed by atoms with E-state index in [0.29, 0.717) is 16.3 Å². The van der Waals surface area contributed by atoms with Gasteiger partial charge in [0.05, 0.1) is 19.1 Å². The second kappa shape index (κ2) is 6.29. The molecule has 0 aliphatic heterocycles. The van der Waals surface area contributed by atoms with Crippen LogP contribution in [0.1, 0.15) is 0 Å². The van der Waals surface area contributed by atoms with Gasteiger partial charge in [-0.15, -0.1) is 4.40 Å². The average molecular weight is 364 g/mol. The number of rotatable bonds is 4. The monoisotopic (exact) mass is 364 g/mol. The van der Waals surface area contributed by atoms with Gasteiger partial charge in [0.15, 0.2) is 0 Å². The molecule has 3 aromatic rings. The molecule has 0 bridgehead atoms. The van der Waals surface area contributed by atoms with Gasteiger partial charge in [0.25, 0.3) is 10.0 Å². The molecule has 0 fully saturated rings. The SMILES string of the molecule is COc1ccc(OC)c2c1sc(=NS(=O)(=O)c1ccccc1)n2C. The summed E-state index contributed by atoms with van der Waals surface area (Å²) in [5.74, 6) is 1.27. The Morgan fingerprint density at radius 2 is 1.62 bits per heavy atom. The number of aromatic nitrogens is 1. The van der Waals surface area contributed by atoms with Gasteiger partial charge >= 0.3 is 0 Å². The largest absolute Gasteiger partial charge is 0.495 e. The first kappa shape index (κ1) is 16.5. The van der Waals surface area contributed by atoms with Crippen LogP contribution in [-0.4, -0.2) is 27.2 Å². The van der Waals surface area contributed by atoms with Crippen molar-refractivity contribution in [2.75, 3.05) is 14.2 Å². The molecule has 0 radical (unpaired) electrons. The zero-order chi connectivity index (χ0) is 17.3. The van der Waals surface area contributed by atoms with Crippen molar-refractivity contribution in [3.8, 4) is 11.5 Å². The molecule has 8 heteroatoms. The van der Waals surface area contributed by atoms with E-state index in [0.717, 1.165) is 10.2 Å². The predicted molar refractivity (Wildman–Crippen MR) is 93.1 cm³/mol. The molecule has 2 aromatic carbocycles. The van der Waals surface area contributed by atoms with Gasteiger partial charge in [-0.25, -0.2) is 0 Å². The molecule has 0 atom stereocenters. The van der Waals surface area contributed by atoms with Crippen molar-refractivity contribution >= 4 is 31.6 Å². The van der Waals surface area contributed by atoms with E-state index in [9.17, 15) is 8.42 Å². The van der Waals surface area contributed by atoms with E-state index >= 15 is 0 Å². The zero-order valence-electron chi connectivity index (χ0n) is 13.4. The first-order chi connectivity index (χ1) is 11.5. The van der Waals surface area contributed by atoms with E-state index < -0.39 is 10.0 Å². The molecule has 0 saturated heterocycles. The maximum atomic E-state index is 12.5. The van der Waals surface area contributed by atoms with Crippen LogP contribution in [0.25, 0.3) is 10.2 Å². The van der Waals surface area contributed by atoms with Crippen molar-refractivity contribution in [2.24, 2.45) is 11.4 Å². The molecule has 1 heterocycles. The molecular weight excluding hydrogens is 348 g/mol. The summed E-state index contributed by atoms with van der Waals surface area (Å²) in [5, 5.41) is 0. The topological polar surface area (TPSA) is 69.9 Å². The van der Waals surface area contributed by atoms with Crippen molar-refractivity contribution in [3.63, 3.8) is 0 Å². The Kier molecular flexibility index (Phi) is 4.33. The van der Waals surface area contributed by atoms with Gasteiger partial charge in [-0.2, -0.15) is 8.42 Å². The first-order valence-corrected chi connectivity index (χ1v) is 9.30. The number of thiazole rings is 1. The first-order valence-electron chi connectivity index (χ1n) is 7.04. The number of hydrogen-bond acceptors (Lipinski definition) is 5. The number of nitrogens with zero attached hydrogens (tertiary/aromatic N) is 2. The van der Waals surface area contributed by atoms with Crippen molar-refractivity contribution in [1.29, 1.82) is 0 Å². The molecule has 126 valence electrons. The third kappa shape index (κ3) is 2.78. The van der Waals surface area contributed by atoms with Gasteiger partial charge in [0.1, 0.15) is 21.7 Å². The summed E-state index contributed by atoms with van der Waals surface area (Å²) in [7, 11) is 1.09. The molecule has 0 N–H and O–H groups in total. The van der Waals surface area contributed by atoms with E-state index in [-0.39, 0.29) is 4.90 Å². The van der Waals surface area contributed by atoms with Crippen LogP contribution >= 0.6 is 11.3 Å². The molecule has 0 unspecified atom stereocenters. The minimum Gasteiger partial charge on any atom is -0.495 e. The lowest BCUT2D eigenvalue weighted by Gasteiger charge is -2.06. The van der Waals surface area contributed by atoms with Gasteiger partial charge in [-0.3, -0.25) is 0 Å². The fourth-order valence-corrected chi connectivity index (χ4v) is 4.73. The molecule has 0 saturated carbocycles. The summed E-state index contributed by atoms with van der Waals surface area (Å²) in [6, 6.07) is 11.7. The highest BCUT2D eigenvalue weighted by Crippen LogP contribution is 2.34. The number of benzene rings is 2. The maximum Gasteiger partial charge on any atom is 0.285 e. The van der Waals surface area contributed by atoms with Crippen molar-refractivity contribution in [3.05, 3.63) is 47.3 Å². The fraction of sp³-hybridized carbons (Fsp3) is 0.188. The molecule has 3 rings (SSSR count). The second-order valence-corrected chi connectivity index (χ2v) is 7.55. The van der Waals surface area contributed by atoms with Gasteiger partial charge in [0, 0.05) is 7.05 Å². The highest BCUT2D eigenvalue weighted by atomic mass is 32.2. The van der Waals surface area contributed by atoms with Crippen LogP contribution in [0.2, 0.25) is 0 Å². The Labute approximate surface area is 143 Å². The Balaban J connectivity index is 2.30. The summed E-state index contributed by atoms with van der Waals surface area (Å²) in [6.07, 6.45) is 0. The smallest absolute Gasteiger partial charge is 0.285 e. The maximum absolute atomic E-state index is 12.5. The Morgan fingerprint density at radius 1 is 1.00 bits per heavy atom. The number of sulfonamides is 1. The predicted octanol–water partition coefficient (Wildman–Crippen LogP) is 2.55. The summed E-state index contributed by atoms with van der Waals surface area (Å²) in [5.41, 5.74) is 0.740. The second-order valence-electron chi connectivity index (χ2n) is 4.97. The highest BCUT2D eigenvalue weighted by Gasteiger charge is 2.17. The third-order valence-electron chi connectivity index (χ3n) is 3.55. The number of methoxy groups -OCH3 is 2. The molecule has 0 aliphatic rings. The quantitative estimate of drug-likeness (QED) is 0.713. The number of aryl methyl sites for hydroxylation is 1. The lowest BCUT2D eigenvalue weighted by molar-refractivity contribution is 0.409. The number of ether oxygens (including phenoxy) is 2. The van der Waals surface area contributed by atoms with Crippen molar-refractivity contribution in [1.82, 2.24) is 4.57 Å². The highest BCUT2D eigenvalue weighted by molar-refractivity contribution is 7.90. The van der Waals surface area contributed by atoms with Gasteiger partial charge in [-0.1, -0.05) is 29.5 Å². The normalized spacial score (nSPS) is 12.5. The standard InChI is InChI=1S/C16H16N2O4S2/c1-18-14-12(21-2)9-10-13(22-3)15(14)23-16(18)17-24(19,20)11-7-5-4-6-8-11/h4-10H,1-3H3. The van der Waals surface area contributed by atoms with E-state index in [4.69, 9.17) is 9.47 Å². The van der Waals surface area contributed by atoms with Crippen molar-refractivity contribution in [2.45, 2.75) is 4.90 Å². The third-order valence-corrected chi connectivity index (χ3v) is 6.10. The lowest BCUT2D eigenvalue weighted by atomic mass is 10.3. The van der Waals surface area contributed by atoms with Crippen LogP contribution in [0, 0.1) is 0 Å². The number of fused-ring (bicyclic) bond motifs is 1. The van der Waals surface area contributed by atoms with Crippen LogP contribution in [-0.2, 0) is 17.1 Å². The fourth-order valence-electron chi connectivity index (χ4n) is 2.36. The van der Waals surface area contributed by atoms with E-state index in [1.54, 1.807) is 56.2 Å².